The number of ether oxygens (including phenoxy) is 3. The first kappa shape index (κ1) is 59.4. The fraction of sp³-hybridized carbons (Fsp3) is 0.134. The molecule has 1 amide bonds. The molecule has 17 rings (SSSR count). The Labute approximate surface area is 567 Å². The molecule has 474 valence electrons. The molecule has 1 N–H and O–H groups in total. The third-order valence-corrected chi connectivity index (χ3v) is 21.1. The lowest BCUT2D eigenvalue weighted by atomic mass is 9.68. The molecule has 99 heavy (non-hydrogen) atoms. The summed E-state index contributed by atoms with van der Waals surface area (Å²) in [6.45, 7) is 4.49. The first-order chi connectivity index (χ1) is 48.2. The van der Waals surface area contributed by atoms with Gasteiger partial charge in [-0.25, -0.2) is 9.59 Å². The van der Waals surface area contributed by atoms with Crippen molar-refractivity contribution in [3.63, 3.8) is 0 Å². The van der Waals surface area contributed by atoms with Gasteiger partial charge in [-0.05, 0) is 149 Å². The van der Waals surface area contributed by atoms with Crippen LogP contribution in [-0.4, -0.2) is 47.1 Å². The Kier molecular flexibility index (Phi) is 13.1. The number of nitrogens with one attached hydrogen (secondary N) is 1. The van der Waals surface area contributed by atoms with Crippen molar-refractivity contribution in [2.75, 3.05) is 26.6 Å². The van der Waals surface area contributed by atoms with Crippen LogP contribution >= 0.6 is 0 Å². The summed E-state index contributed by atoms with van der Waals surface area (Å²) in [6.07, 6.45) is 11.8. The van der Waals surface area contributed by atoms with Crippen molar-refractivity contribution in [3.05, 3.63) is 301 Å². The highest BCUT2D eigenvalue weighted by Crippen LogP contribution is 2.64. The van der Waals surface area contributed by atoms with E-state index in [1.54, 1.807) is 42.5 Å². The third kappa shape index (κ3) is 8.26. The molecule has 8 aliphatic rings. The number of non-ortho nitro benzene ring substituents is 1. The smallest absolute Gasteiger partial charge is 0.343 e. The number of allylic oxidation sites excluding steroid dienone is 2. The minimum absolute atomic E-state index is 0.0193. The van der Waals surface area contributed by atoms with Crippen LogP contribution in [0, 0.1) is 55.4 Å². The molecule has 9 aromatic carbocycles. The van der Waals surface area contributed by atoms with Crippen molar-refractivity contribution in [2.45, 2.75) is 60.7 Å². The van der Waals surface area contributed by atoms with Crippen LogP contribution in [-0.2, 0) is 21.0 Å². The molecule has 3 spiro atoms. The van der Waals surface area contributed by atoms with Crippen molar-refractivity contribution in [1.29, 1.82) is 21.0 Å². The maximum absolute atomic E-state index is 14.7. The molecule has 0 saturated heterocycles. The van der Waals surface area contributed by atoms with E-state index in [1.807, 2.05) is 168 Å². The predicted octanol–water partition coefficient (Wildman–Crippen LogP) is 15.3. The fourth-order valence-electron chi connectivity index (χ4n) is 17.0. The van der Waals surface area contributed by atoms with E-state index in [0.717, 1.165) is 55.8 Å². The van der Waals surface area contributed by atoms with E-state index < -0.39 is 56.8 Å². The van der Waals surface area contributed by atoms with Crippen LogP contribution in [0.2, 0.25) is 0 Å². The van der Waals surface area contributed by atoms with Gasteiger partial charge in [-0.2, -0.15) is 21.0 Å². The second-order valence-corrected chi connectivity index (χ2v) is 26.1. The van der Waals surface area contributed by atoms with Gasteiger partial charge in [0.25, 0.3) is 5.69 Å². The number of nitriles is 4. The van der Waals surface area contributed by atoms with Crippen LogP contribution < -0.4 is 34.2 Å². The highest BCUT2D eigenvalue weighted by molar-refractivity contribution is 6.02. The SMILES string of the molecule is CC1(C)c2ccccc2N(CCCC(=O)Nc2cc(C(=O)Oc3ccc4c(c3)C=CC3N4C(C#N)=C(C#N)C34c3ccccc3-c3ccccc34)cc(C(=O)Oc3ccc4c(c3)C=CC3N4C(C#N)=C(C#N)C34c3ccccc3-c3ccccc34)c2)C12C=Cc1cc([N+](=O)[O-])ccc1O2. The Morgan fingerprint density at radius 2 is 1.02 bits per heavy atom. The summed E-state index contributed by atoms with van der Waals surface area (Å²) < 4.78 is 19.2. The highest BCUT2D eigenvalue weighted by Gasteiger charge is 2.62. The monoisotopic (exact) mass is 1290 g/mol. The molecule has 17 heteroatoms. The number of amides is 1. The number of esters is 2. The molecule has 6 aliphatic heterocycles. The topological polar surface area (TPSA) is 239 Å². The summed E-state index contributed by atoms with van der Waals surface area (Å²) in [7, 11) is 0. The van der Waals surface area contributed by atoms with Crippen molar-refractivity contribution < 1.29 is 33.5 Å². The normalized spacial score (nSPS) is 19.0. The van der Waals surface area contributed by atoms with E-state index in [1.165, 1.54) is 30.3 Å². The average Bonchev–Trinajstić information content (AvgIpc) is 1.52. The van der Waals surface area contributed by atoms with Gasteiger partial charge in [0.1, 0.15) is 40.8 Å². The predicted molar refractivity (Wildman–Crippen MR) is 372 cm³/mol. The summed E-state index contributed by atoms with van der Waals surface area (Å²) in [4.78, 5) is 61.0. The van der Waals surface area contributed by atoms with Crippen molar-refractivity contribution in [1.82, 2.24) is 0 Å². The number of carbonyl (C=O) groups is 3. The molecule has 0 radical (unpaired) electrons. The molecular weight excluding hydrogens is 1240 g/mol. The number of fused-ring (bicyclic) bond motifs is 20. The molecule has 2 aliphatic carbocycles. The van der Waals surface area contributed by atoms with Crippen LogP contribution in [0.25, 0.3) is 40.5 Å². The summed E-state index contributed by atoms with van der Waals surface area (Å²) in [6, 6.07) is 67.2. The lowest BCUT2D eigenvalue weighted by molar-refractivity contribution is -0.384. The van der Waals surface area contributed by atoms with Gasteiger partial charge in [-0.3, -0.25) is 14.9 Å². The molecule has 0 aromatic heterocycles. The van der Waals surface area contributed by atoms with Gasteiger partial charge in [0.2, 0.25) is 11.6 Å². The molecule has 3 atom stereocenters. The molecule has 0 bridgehead atoms. The molecule has 17 nitrogen and oxygen atoms in total. The standard InChI is InChI=1S/C82H53N9O8/c1-79(2)65-22-11-12-23-70(65)88(80(79)36-35-50-41-54(91(95)96)27-32-73(50)99-80)37-13-24-76(92)87-53-39-51(77(93)97-55-28-30-68-48(42-55)25-33-74-81(66(44-83)71(46-85)89(68)74)61-18-7-3-14-57(61)58-15-4-8-19-62(58)81)38-52(40-53)78(94)98-56-29-31-69-49(43-56)26-34-75-82(67(45-84)72(47-86)90(69)75)63-20-9-5-16-59(63)60-17-6-10-21-64(60)82/h3-12,14-23,25-36,38-43,74-75H,13,24,37H2,1-2H3,(H,87,92). The van der Waals surface area contributed by atoms with Crippen LogP contribution in [0.1, 0.15) is 91.9 Å². The van der Waals surface area contributed by atoms with Crippen molar-refractivity contribution in [2.24, 2.45) is 0 Å². The van der Waals surface area contributed by atoms with E-state index in [-0.39, 0.29) is 51.8 Å². The first-order valence-corrected chi connectivity index (χ1v) is 32.3. The number of nitrogens with zero attached hydrogens (tertiary/aromatic N) is 8. The quantitative estimate of drug-likeness (QED) is 0.0580. The summed E-state index contributed by atoms with van der Waals surface area (Å²) >= 11 is 0. The highest BCUT2D eigenvalue weighted by atomic mass is 16.6. The van der Waals surface area contributed by atoms with Crippen molar-refractivity contribution in [3.8, 4) is 63.8 Å². The molecule has 6 heterocycles. The minimum atomic E-state index is -1.08. The lowest BCUT2D eigenvalue weighted by Gasteiger charge is -2.47. The van der Waals surface area contributed by atoms with E-state index in [2.05, 4.69) is 48.3 Å². The number of para-hydroxylation sites is 1. The number of nitro groups is 1. The van der Waals surface area contributed by atoms with Gasteiger partial charge >= 0.3 is 11.9 Å². The Hall–Kier alpha value is -13.4. The Bertz CT molecular complexity index is 5190. The molecular formula is C82H53N9O8. The zero-order valence-corrected chi connectivity index (χ0v) is 53.1. The number of benzene rings is 9. The third-order valence-electron chi connectivity index (χ3n) is 21.1. The van der Waals surface area contributed by atoms with Crippen molar-refractivity contribution >= 4 is 64.5 Å². The van der Waals surface area contributed by atoms with E-state index in [0.29, 0.717) is 57.9 Å². The van der Waals surface area contributed by atoms with Gasteiger partial charge < -0.3 is 34.2 Å². The van der Waals surface area contributed by atoms with Gasteiger partial charge in [-0.15, -0.1) is 0 Å². The number of rotatable bonds is 10. The molecule has 3 unspecified atom stereocenters. The maximum atomic E-state index is 14.7. The number of nitro benzene ring substituents is 1. The number of anilines is 4. The zero-order valence-electron chi connectivity index (χ0n) is 53.1. The van der Waals surface area contributed by atoms with Crippen LogP contribution in [0.3, 0.4) is 0 Å². The Balaban J connectivity index is 0.674. The Morgan fingerprint density at radius 1 is 0.545 bits per heavy atom. The Morgan fingerprint density at radius 3 is 1.49 bits per heavy atom. The van der Waals surface area contributed by atoms with Crippen LogP contribution in [0.4, 0.5) is 28.4 Å². The van der Waals surface area contributed by atoms with Crippen LogP contribution in [0.15, 0.2) is 235 Å². The fourth-order valence-corrected chi connectivity index (χ4v) is 17.0. The number of hydrogen-bond donors (Lipinski definition) is 1. The summed E-state index contributed by atoms with van der Waals surface area (Å²) in [5.41, 5.74) is 9.76. The summed E-state index contributed by atoms with van der Waals surface area (Å²) in [5, 5.41) is 58.5. The van der Waals surface area contributed by atoms with Gasteiger partial charge in [0.15, 0.2) is 0 Å². The molecule has 9 aromatic rings. The van der Waals surface area contributed by atoms with E-state index in [4.69, 9.17) is 14.2 Å². The van der Waals surface area contributed by atoms with Gasteiger partial charge in [-0.1, -0.05) is 140 Å². The summed E-state index contributed by atoms with van der Waals surface area (Å²) in [5.74, 6) is -1.45. The lowest BCUT2D eigenvalue weighted by Crippen LogP contribution is -2.59. The number of carbonyl (C=O) groups excluding carboxylic acids is 3. The van der Waals surface area contributed by atoms with Gasteiger partial charge in [0, 0.05) is 64.5 Å². The molecule has 0 saturated carbocycles. The van der Waals surface area contributed by atoms with Crippen LogP contribution in [0.5, 0.6) is 17.2 Å². The zero-order chi connectivity index (χ0) is 67.9. The number of hydrogen-bond acceptors (Lipinski definition) is 15. The van der Waals surface area contributed by atoms with E-state index in [9.17, 15) is 45.5 Å². The second kappa shape index (κ2) is 21.8. The average molecular weight is 1290 g/mol. The molecule has 0 fully saturated rings. The van der Waals surface area contributed by atoms with Gasteiger partial charge in [0.05, 0.1) is 67.7 Å². The first-order valence-electron chi connectivity index (χ1n) is 32.3. The second-order valence-electron chi connectivity index (χ2n) is 26.1. The minimum Gasteiger partial charge on any atom is -0.463 e. The maximum Gasteiger partial charge on any atom is 0.343 e. The largest absolute Gasteiger partial charge is 0.463 e. The van der Waals surface area contributed by atoms with E-state index >= 15 is 0 Å².